The molecule has 0 unspecified atom stereocenters. The highest BCUT2D eigenvalue weighted by Gasteiger charge is 2.32. The summed E-state index contributed by atoms with van der Waals surface area (Å²) in [7, 11) is 0. The molecule has 1 aliphatic rings. The Morgan fingerprint density at radius 3 is 2.35 bits per heavy atom. The lowest BCUT2D eigenvalue weighted by Crippen LogP contribution is -2.35. The van der Waals surface area contributed by atoms with Crippen molar-refractivity contribution in [2.75, 3.05) is 5.32 Å². The summed E-state index contributed by atoms with van der Waals surface area (Å²) in [6.45, 7) is 8.29. The minimum atomic E-state index is 0.263. The smallest absolute Gasteiger partial charge is 0.0408 e. The van der Waals surface area contributed by atoms with Crippen LogP contribution in [0.15, 0.2) is 30.9 Å². The normalized spacial score (nSPS) is 18.0. The van der Waals surface area contributed by atoms with Crippen molar-refractivity contribution in [3.8, 4) is 0 Å². The van der Waals surface area contributed by atoms with E-state index >= 15 is 0 Å². The van der Waals surface area contributed by atoms with Crippen molar-refractivity contribution in [3.05, 3.63) is 42.0 Å². The Balaban J connectivity index is 2.26. The van der Waals surface area contributed by atoms with Crippen LogP contribution in [0.1, 0.15) is 43.2 Å². The van der Waals surface area contributed by atoms with Crippen molar-refractivity contribution in [1.82, 2.24) is 0 Å². The van der Waals surface area contributed by atoms with Gasteiger partial charge in [-0.15, -0.1) is 6.58 Å². The standard InChI is InChI=1S/C16H23N/c1-4-10-16(11-5-6-12-16)17-15-13(2)8-7-9-14(15)3/h4,7-9,17H,1,5-6,10-12H2,2-3H3. The minimum absolute atomic E-state index is 0.263. The van der Waals surface area contributed by atoms with Gasteiger partial charge in [-0.05, 0) is 44.2 Å². The van der Waals surface area contributed by atoms with E-state index < -0.39 is 0 Å². The fraction of sp³-hybridized carbons (Fsp3) is 0.500. The Hall–Kier alpha value is -1.24. The lowest BCUT2D eigenvalue weighted by Gasteiger charge is -2.32. The molecule has 1 N–H and O–H groups in total. The Labute approximate surface area is 105 Å². The van der Waals surface area contributed by atoms with E-state index in [0.29, 0.717) is 0 Å². The van der Waals surface area contributed by atoms with Crippen molar-refractivity contribution in [2.24, 2.45) is 0 Å². The summed E-state index contributed by atoms with van der Waals surface area (Å²) in [6.07, 6.45) is 8.35. The summed E-state index contributed by atoms with van der Waals surface area (Å²) in [5.74, 6) is 0. The van der Waals surface area contributed by atoms with Gasteiger partial charge in [-0.25, -0.2) is 0 Å². The van der Waals surface area contributed by atoms with E-state index in [4.69, 9.17) is 0 Å². The number of aryl methyl sites for hydroxylation is 2. The third-order valence-corrected chi connectivity index (χ3v) is 3.97. The highest BCUT2D eigenvalue weighted by Crippen LogP contribution is 2.37. The first-order valence-corrected chi connectivity index (χ1v) is 6.62. The predicted molar refractivity (Wildman–Crippen MR) is 75.6 cm³/mol. The number of hydrogen-bond acceptors (Lipinski definition) is 1. The second kappa shape index (κ2) is 4.95. The van der Waals surface area contributed by atoms with Crippen molar-refractivity contribution in [1.29, 1.82) is 0 Å². The molecule has 0 saturated heterocycles. The molecule has 1 aromatic carbocycles. The molecule has 17 heavy (non-hydrogen) atoms. The summed E-state index contributed by atoms with van der Waals surface area (Å²) in [5, 5.41) is 3.82. The number of benzene rings is 1. The van der Waals surface area contributed by atoms with E-state index in [1.165, 1.54) is 42.5 Å². The molecule has 92 valence electrons. The minimum Gasteiger partial charge on any atom is -0.379 e. The van der Waals surface area contributed by atoms with Crippen molar-refractivity contribution < 1.29 is 0 Å². The zero-order chi connectivity index (χ0) is 12.3. The largest absolute Gasteiger partial charge is 0.379 e. The molecule has 1 fully saturated rings. The highest BCUT2D eigenvalue weighted by molar-refractivity contribution is 5.58. The van der Waals surface area contributed by atoms with Crippen LogP contribution in [0.5, 0.6) is 0 Å². The molecule has 0 aliphatic heterocycles. The van der Waals surface area contributed by atoms with Crippen LogP contribution < -0.4 is 5.32 Å². The average Bonchev–Trinajstić information content (AvgIpc) is 2.73. The molecule has 1 nitrogen and oxygen atoms in total. The topological polar surface area (TPSA) is 12.0 Å². The van der Waals surface area contributed by atoms with Gasteiger partial charge in [-0.1, -0.05) is 37.1 Å². The zero-order valence-corrected chi connectivity index (χ0v) is 11.1. The van der Waals surface area contributed by atoms with Crippen LogP contribution in [0.3, 0.4) is 0 Å². The molecule has 2 rings (SSSR count). The summed E-state index contributed by atoms with van der Waals surface area (Å²) in [4.78, 5) is 0. The predicted octanol–water partition coefficient (Wildman–Crippen LogP) is 4.60. The quantitative estimate of drug-likeness (QED) is 0.744. The van der Waals surface area contributed by atoms with Crippen LogP contribution in [0.4, 0.5) is 5.69 Å². The van der Waals surface area contributed by atoms with Gasteiger partial charge in [0.1, 0.15) is 0 Å². The SMILES string of the molecule is C=CCC1(Nc2c(C)cccc2C)CCCC1. The number of hydrogen-bond donors (Lipinski definition) is 1. The highest BCUT2D eigenvalue weighted by atomic mass is 15.0. The Morgan fingerprint density at radius 2 is 1.82 bits per heavy atom. The van der Waals surface area contributed by atoms with Gasteiger partial charge in [0.15, 0.2) is 0 Å². The summed E-state index contributed by atoms with van der Waals surface area (Å²) in [5.41, 5.74) is 4.29. The first-order chi connectivity index (χ1) is 8.17. The van der Waals surface area contributed by atoms with E-state index in [2.05, 4.69) is 50.0 Å². The van der Waals surface area contributed by atoms with E-state index in [1.54, 1.807) is 0 Å². The summed E-state index contributed by atoms with van der Waals surface area (Å²) in [6, 6.07) is 6.50. The molecule has 1 aliphatic carbocycles. The van der Waals surface area contributed by atoms with E-state index in [1.807, 2.05) is 0 Å². The molecule has 0 aromatic heterocycles. The molecule has 1 aromatic rings. The number of rotatable bonds is 4. The van der Waals surface area contributed by atoms with Crippen molar-refractivity contribution in [3.63, 3.8) is 0 Å². The van der Waals surface area contributed by atoms with Gasteiger partial charge < -0.3 is 5.32 Å². The molecule has 1 saturated carbocycles. The maximum absolute atomic E-state index is 3.92. The lowest BCUT2D eigenvalue weighted by atomic mass is 9.92. The van der Waals surface area contributed by atoms with Crippen LogP contribution in [0.2, 0.25) is 0 Å². The zero-order valence-electron chi connectivity index (χ0n) is 11.1. The van der Waals surface area contributed by atoms with Gasteiger partial charge in [-0.2, -0.15) is 0 Å². The summed E-state index contributed by atoms with van der Waals surface area (Å²) >= 11 is 0. The van der Waals surface area contributed by atoms with Gasteiger partial charge in [0.2, 0.25) is 0 Å². The molecule has 0 atom stereocenters. The Bertz CT molecular complexity index is 380. The average molecular weight is 229 g/mol. The van der Waals surface area contributed by atoms with Gasteiger partial charge in [0, 0.05) is 11.2 Å². The van der Waals surface area contributed by atoms with E-state index in [-0.39, 0.29) is 5.54 Å². The van der Waals surface area contributed by atoms with Crippen LogP contribution in [-0.4, -0.2) is 5.54 Å². The Kier molecular flexibility index (Phi) is 3.56. The number of nitrogens with one attached hydrogen (secondary N) is 1. The van der Waals surface area contributed by atoms with Crippen LogP contribution in [0, 0.1) is 13.8 Å². The maximum atomic E-state index is 3.92. The fourth-order valence-electron chi connectivity index (χ4n) is 2.99. The monoisotopic (exact) mass is 229 g/mol. The van der Waals surface area contributed by atoms with Crippen LogP contribution in [-0.2, 0) is 0 Å². The lowest BCUT2D eigenvalue weighted by molar-refractivity contribution is 0.487. The number of para-hydroxylation sites is 1. The third-order valence-electron chi connectivity index (χ3n) is 3.97. The molecule has 0 heterocycles. The molecule has 0 amide bonds. The molecule has 0 spiro atoms. The third kappa shape index (κ3) is 2.54. The molecule has 0 radical (unpaired) electrons. The molecule has 1 heteroatoms. The van der Waals surface area contributed by atoms with Crippen LogP contribution in [0.25, 0.3) is 0 Å². The summed E-state index contributed by atoms with van der Waals surface area (Å²) < 4.78 is 0. The molecule has 0 bridgehead atoms. The van der Waals surface area contributed by atoms with Gasteiger partial charge in [0.25, 0.3) is 0 Å². The van der Waals surface area contributed by atoms with Gasteiger partial charge >= 0.3 is 0 Å². The van der Waals surface area contributed by atoms with E-state index in [0.717, 1.165) is 6.42 Å². The maximum Gasteiger partial charge on any atom is 0.0408 e. The van der Waals surface area contributed by atoms with Gasteiger partial charge in [0.05, 0.1) is 0 Å². The second-order valence-corrected chi connectivity index (χ2v) is 5.37. The molecular formula is C16H23N. The van der Waals surface area contributed by atoms with Gasteiger partial charge in [-0.3, -0.25) is 0 Å². The van der Waals surface area contributed by atoms with Crippen LogP contribution >= 0.6 is 0 Å². The Morgan fingerprint density at radius 1 is 1.24 bits per heavy atom. The van der Waals surface area contributed by atoms with E-state index in [9.17, 15) is 0 Å². The second-order valence-electron chi connectivity index (χ2n) is 5.37. The first kappa shape index (κ1) is 12.2. The molecular weight excluding hydrogens is 206 g/mol. The van der Waals surface area contributed by atoms with Crippen molar-refractivity contribution >= 4 is 5.69 Å². The number of anilines is 1. The van der Waals surface area contributed by atoms with Crippen molar-refractivity contribution in [2.45, 2.75) is 51.5 Å². The fourth-order valence-corrected chi connectivity index (χ4v) is 2.99. The first-order valence-electron chi connectivity index (χ1n) is 6.62.